The van der Waals surface area contributed by atoms with Gasteiger partial charge in [-0.05, 0) is 18.9 Å². The quantitative estimate of drug-likeness (QED) is 0.821. The largest absolute Gasteiger partial charge is 0.480 e. The van der Waals surface area contributed by atoms with E-state index in [1.807, 2.05) is 0 Å². The predicted octanol–water partition coefficient (Wildman–Crippen LogP) is 3.26. The van der Waals surface area contributed by atoms with Gasteiger partial charge in [0.2, 0.25) is 0 Å². The Kier molecular flexibility index (Phi) is 4.91. The minimum absolute atomic E-state index is 0.170. The Bertz CT molecular complexity index is 428. The van der Waals surface area contributed by atoms with Crippen LogP contribution in [0.5, 0.6) is 0 Å². The fraction of sp³-hybridized carbons (Fsp3) is 0.533. The van der Waals surface area contributed by atoms with Gasteiger partial charge in [0.05, 0.1) is 0 Å². The van der Waals surface area contributed by atoms with Gasteiger partial charge in [-0.3, -0.25) is 10.1 Å². The number of carboxylic acids is 1. The van der Waals surface area contributed by atoms with Crippen LogP contribution in [0.2, 0.25) is 0 Å². The van der Waals surface area contributed by atoms with Crippen molar-refractivity contribution >= 4 is 5.97 Å². The first-order valence-corrected chi connectivity index (χ1v) is 6.92. The first-order valence-electron chi connectivity index (χ1n) is 6.92. The molecule has 2 N–H and O–H groups in total. The Balaban J connectivity index is 2.12. The van der Waals surface area contributed by atoms with Crippen molar-refractivity contribution in [2.75, 3.05) is 0 Å². The summed E-state index contributed by atoms with van der Waals surface area (Å²) in [4.78, 5) is 11.4. The number of nitrogens with one attached hydrogen (secondary N) is 1. The molecule has 0 radical (unpaired) electrons. The maximum Gasteiger partial charge on any atom is 0.325 e. The monoisotopic (exact) mass is 265 g/mol. The van der Waals surface area contributed by atoms with Crippen LogP contribution in [-0.2, 0) is 4.79 Å². The van der Waals surface area contributed by atoms with Gasteiger partial charge in [-0.2, -0.15) is 0 Å². The lowest BCUT2D eigenvalue weighted by Crippen LogP contribution is -2.37. The third kappa shape index (κ3) is 3.77. The van der Waals surface area contributed by atoms with E-state index in [0.29, 0.717) is 0 Å². The van der Waals surface area contributed by atoms with E-state index in [-0.39, 0.29) is 11.6 Å². The second kappa shape index (κ2) is 6.66. The lowest BCUT2D eigenvalue weighted by Gasteiger charge is -2.22. The molecule has 1 aliphatic carbocycles. The molecule has 19 heavy (non-hydrogen) atoms. The van der Waals surface area contributed by atoms with E-state index in [9.17, 15) is 14.3 Å². The molecule has 2 rings (SSSR count). The summed E-state index contributed by atoms with van der Waals surface area (Å²) in [5, 5.41) is 12.4. The smallest absolute Gasteiger partial charge is 0.325 e. The molecule has 0 aromatic heterocycles. The van der Waals surface area contributed by atoms with Gasteiger partial charge < -0.3 is 5.11 Å². The van der Waals surface area contributed by atoms with Crippen LogP contribution in [0.15, 0.2) is 24.3 Å². The number of halogens is 1. The van der Waals surface area contributed by atoms with Gasteiger partial charge in [0.1, 0.15) is 11.9 Å². The topological polar surface area (TPSA) is 49.3 Å². The van der Waals surface area contributed by atoms with Gasteiger partial charge in [-0.15, -0.1) is 0 Å². The number of rotatable bonds is 4. The van der Waals surface area contributed by atoms with Gasteiger partial charge in [-0.1, -0.05) is 43.9 Å². The van der Waals surface area contributed by atoms with E-state index in [0.717, 1.165) is 25.7 Å². The molecular formula is C15H20FNO2. The summed E-state index contributed by atoms with van der Waals surface area (Å²) in [5.41, 5.74) is 0.222. The fourth-order valence-electron chi connectivity index (χ4n) is 2.69. The van der Waals surface area contributed by atoms with Crippen LogP contribution < -0.4 is 5.32 Å². The Labute approximate surface area is 112 Å². The summed E-state index contributed by atoms with van der Waals surface area (Å²) in [6, 6.07) is 5.30. The number of aliphatic carboxylic acids is 1. The number of hydrogen-bond acceptors (Lipinski definition) is 2. The Hall–Kier alpha value is -1.42. The minimum Gasteiger partial charge on any atom is -0.480 e. The molecule has 0 amide bonds. The van der Waals surface area contributed by atoms with Crippen molar-refractivity contribution in [3.63, 3.8) is 0 Å². The maximum absolute atomic E-state index is 13.7. The van der Waals surface area contributed by atoms with Crippen molar-refractivity contribution in [1.82, 2.24) is 5.32 Å². The maximum atomic E-state index is 13.7. The number of carbonyl (C=O) groups is 1. The average Bonchev–Trinajstić information content (AvgIpc) is 2.65. The van der Waals surface area contributed by atoms with Crippen LogP contribution >= 0.6 is 0 Å². The van der Waals surface area contributed by atoms with Gasteiger partial charge >= 0.3 is 5.97 Å². The standard InChI is InChI=1S/C15H20FNO2/c16-13-10-6-5-9-12(13)14(15(18)19)17-11-7-3-1-2-4-8-11/h5-6,9-11,14,17H,1-4,7-8H2,(H,18,19). The second-order valence-electron chi connectivity index (χ2n) is 5.15. The highest BCUT2D eigenvalue weighted by Crippen LogP contribution is 2.23. The first-order chi connectivity index (χ1) is 9.18. The Morgan fingerprint density at radius 1 is 1.21 bits per heavy atom. The SMILES string of the molecule is O=C(O)C(NC1CCCCCC1)c1ccccc1F. The normalized spacial score (nSPS) is 18.8. The zero-order valence-electron chi connectivity index (χ0n) is 10.9. The van der Waals surface area contributed by atoms with Crippen LogP contribution in [0.3, 0.4) is 0 Å². The van der Waals surface area contributed by atoms with E-state index in [2.05, 4.69) is 5.32 Å². The molecule has 3 nitrogen and oxygen atoms in total. The van der Waals surface area contributed by atoms with Crippen molar-refractivity contribution in [3.8, 4) is 0 Å². The lowest BCUT2D eigenvalue weighted by molar-refractivity contribution is -0.140. The predicted molar refractivity (Wildman–Crippen MR) is 71.4 cm³/mol. The number of benzene rings is 1. The summed E-state index contributed by atoms with van der Waals surface area (Å²) in [7, 11) is 0. The van der Waals surface area contributed by atoms with Crippen molar-refractivity contribution in [2.24, 2.45) is 0 Å². The molecule has 1 unspecified atom stereocenters. The highest BCUT2D eigenvalue weighted by Gasteiger charge is 2.26. The summed E-state index contributed by atoms with van der Waals surface area (Å²) < 4.78 is 13.7. The lowest BCUT2D eigenvalue weighted by atomic mass is 10.0. The summed E-state index contributed by atoms with van der Waals surface area (Å²) >= 11 is 0. The van der Waals surface area contributed by atoms with E-state index in [4.69, 9.17) is 0 Å². The Morgan fingerprint density at radius 2 is 1.84 bits per heavy atom. The second-order valence-corrected chi connectivity index (χ2v) is 5.15. The van der Waals surface area contributed by atoms with Gasteiger partial charge in [0, 0.05) is 11.6 Å². The molecule has 104 valence electrons. The van der Waals surface area contributed by atoms with Crippen molar-refractivity contribution < 1.29 is 14.3 Å². The summed E-state index contributed by atoms with van der Waals surface area (Å²) in [6.45, 7) is 0. The zero-order chi connectivity index (χ0) is 13.7. The number of hydrogen-bond donors (Lipinski definition) is 2. The van der Waals surface area contributed by atoms with E-state index >= 15 is 0 Å². The van der Waals surface area contributed by atoms with Gasteiger partial charge in [0.25, 0.3) is 0 Å². The zero-order valence-corrected chi connectivity index (χ0v) is 10.9. The highest BCUT2D eigenvalue weighted by molar-refractivity contribution is 5.75. The van der Waals surface area contributed by atoms with Crippen LogP contribution in [0, 0.1) is 5.82 Å². The molecule has 0 saturated heterocycles. The van der Waals surface area contributed by atoms with Crippen LogP contribution in [0.25, 0.3) is 0 Å². The molecule has 1 saturated carbocycles. The van der Waals surface area contributed by atoms with Crippen LogP contribution in [0.4, 0.5) is 4.39 Å². The number of carboxylic acid groups (broad SMARTS) is 1. The fourth-order valence-corrected chi connectivity index (χ4v) is 2.69. The molecule has 1 atom stereocenters. The third-order valence-corrected chi connectivity index (χ3v) is 3.72. The molecule has 0 bridgehead atoms. The van der Waals surface area contributed by atoms with Gasteiger partial charge in [-0.25, -0.2) is 4.39 Å². The third-order valence-electron chi connectivity index (χ3n) is 3.72. The molecule has 1 aromatic carbocycles. The molecule has 1 aromatic rings. The van der Waals surface area contributed by atoms with Crippen LogP contribution in [0.1, 0.15) is 50.1 Å². The van der Waals surface area contributed by atoms with Crippen molar-refractivity contribution in [2.45, 2.75) is 50.6 Å². The van der Waals surface area contributed by atoms with Gasteiger partial charge in [0.15, 0.2) is 0 Å². The molecule has 4 heteroatoms. The Morgan fingerprint density at radius 3 is 2.42 bits per heavy atom. The molecule has 0 spiro atoms. The molecular weight excluding hydrogens is 245 g/mol. The van der Waals surface area contributed by atoms with Crippen LogP contribution in [-0.4, -0.2) is 17.1 Å². The molecule has 0 heterocycles. The van der Waals surface area contributed by atoms with E-state index < -0.39 is 17.8 Å². The summed E-state index contributed by atoms with van der Waals surface area (Å²) in [5.74, 6) is -1.48. The van der Waals surface area contributed by atoms with Crippen molar-refractivity contribution in [1.29, 1.82) is 0 Å². The molecule has 1 fully saturated rings. The molecule has 0 aliphatic heterocycles. The summed E-state index contributed by atoms with van der Waals surface area (Å²) in [6.07, 6.45) is 6.57. The van der Waals surface area contributed by atoms with Crippen molar-refractivity contribution in [3.05, 3.63) is 35.6 Å². The average molecular weight is 265 g/mol. The van der Waals surface area contributed by atoms with E-state index in [1.54, 1.807) is 12.1 Å². The highest BCUT2D eigenvalue weighted by atomic mass is 19.1. The first kappa shape index (κ1) is 14.0. The molecule has 1 aliphatic rings. The van der Waals surface area contributed by atoms with E-state index in [1.165, 1.54) is 25.0 Å². The minimum atomic E-state index is -1.02.